The standard InChI is InChI=1S/C20H36N4O3S2/c1-24-15(12-25)11-22-20(24)29-9-8-18(26)17(10-14-6-4-3-5-7-14)23-19(27)16(21)13-28-2/h11,14,16-18,25-26H,3-10,12-13,21H2,1-2H3,(H,23,27)/t16-,17-,18-/m0/s1. The molecule has 0 radical (unpaired) electrons. The topological polar surface area (TPSA) is 113 Å². The Hall–Kier alpha value is -0.740. The first kappa shape index (κ1) is 24.5. The second-order valence-corrected chi connectivity index (χ2v) is 9.84. The van der Waals surface area contributed by atoms with Crippen molar-refractivity contribution in [1.29, 1.82) is 0 Å². The summed E-state index contributed by atoms with van der Waals surface area (Å²) in [6.07, 6.45) is 10.4. The summed E-state index contributed by atoms with van der Waals surface area (Å²) in [6.45, 7) is -0.0432. The Morgan fingerprint density at radius 3 is 2.76 bits per heavy atom. The second kappa shape index (κ2) is 12.8. The number of aromatic nitrogens is 2. The van der Waals surface area contributed by atoms with Crippen molar-refractivity contribution in [2.24, 2.45) is 18.7 Å². The molecule has 1 fully saturated rings. The number of thioether (sulfide) groups is 2. The molecule has 0 spiro atoms. The quantitative estimate of drug-likeness (QED) is 0.364. The van der Waals surface area contributed by atoms with Crippen molar-refractivity contribution in [3.8, 4) is 0 Å². The summed E-state index contributed by atoms with van der Waals surface area (Å²) < 4.78 is 1.86. The van der Waals surface area contributed by atoms with E-state index in [1.54, 1.807) is 29.7 Å². The van der Waals surface area contributed by atoms with E-state index in [1.165, 1.54) is 32.1 Å². The van der Waals surface area contributed by atoms with Crippen molar-refractivity contribution in [3.05, 3.63) is 11.9 Å². The van der Waals surface area contributed by atoms with Gasteiger partial charge >= 0.3 is 0 Å². The van der Waals surface area contributed by atoms with Crippen LogP contribution in [0.4, 0.5) is 0 Å². The molecule has 5 N–H and O–H groups in total. The van der Waals surface area contributed by atoms with E-state index < -0.39 is 12.1 Å². The number of nitrogens with one attached hydrogen (secondary N) is 1. The maximum atomic E-state index is 12.5. The van der Waals surface area contributed by atoms with Gasteiger partial charge in [0.2, 0.25) is 5.91 Å². The zero-order chi connectivity index (χ0) is 21.2. The van der Waals surface area contributed by atoms with Crippen LogP contribution in [0.1, 0.15) is 50.6 Å². The van der Waals surface area contributed by atoms with Crippen LogP contribution in [0, 0.1) is 5.92 Å². The zero-order valence-electron chi connectivity index (χ0n) is 17.5. The van der Waals surface area contributed by atoms with Crippen LogP contribution in [0.2, 0.25) is 0 Å². The highest BCUT2D eigenvalue weighted by Crippen LogP contribution is 2.29. The van der Waals surface area contributed by atoms with Crippen LogP contribution in [0.15, 0.2) is 11.4 Å². The number of imidazole rings is 1. The number of hydrogen-bond acceptors (Lipinski definition) is 7. The fraction of sp³-hybridized carbons (Fsp3) is 0.800. The Kier molecular flexibility index (Phi) is 10.9. The first-order chi connectivity index (χ1) is 14.0. The van der Waals surface area contributed by atoms with E-state index >= 15 is 0 Å². The molecule has 1 amide bonds. The van der Waals surface area contributed by atoms with Crippen LogP contribution in [-0.2, 0) is 18.4 Å². The summed E-state index contributed by atoms with van der Waals surface area (Å²) in [6, 6.07) is -0.821. The van der Waals surface area contributed by atoms with Gasteiger partial charge in [0.05, 0.1) is 36.7 Å². The van der Waals surface area contributed by atoms with Gasteiger partial charge in [-0.15, -0.1) is 0 Å². The van der Waals surface area contributed by atoms with Gasteiger partial charge in [-0.1, -0.05) is 43.9 Å². The molecule has 1 aromatic heterocycles. The highest BCUT2D eigenvalue weighted by Gasteiger charge is 2.27. The number of carbonyl (C=O) groups excluding carboxylic acids is 1. The fourth-order valence-electron chi connectivity index (χ4n) is 3.82. The van der Waals surface area contributed by atoms with Crippen LogP contribution in [-0.4, -0.2) is 61.6 Å². The molecule has 29 heavy (non-hydrogen) atoms. The third-order valence-corrected chi connectivity index (χ3v) is 7.41. The molecule has 3 atom stereocenters. The highest BCUT2D eigenvalue weighted by molar-refractivity contribution is 7.99. The third-order valence-electron chi connectivity index (χ3n) is 5.64. The molecule has 1 heterocycles. The van der Waals surface area contributed by atoms with Crippen molar-refractivity contribution in [2.75, 3.05) is 17.8 Å². The normalized spacial score (nSPS) is 18.4. The fourth-order valence-corrected chi connectivity index (χ4v) is 5.31. The molecule has 0 aliphatic heterocycles. The number of nitrogens with two attached hydrogens (primary N) is 1. The summed E-state index contributed by atoms with van der Waals surface area (Å²) in [5.41, 5.74) is 6.73. The van der Waals surface area contributed by atoms with E-state index in [0.29, 0.717) is 23.8 Å². The van der Waals surface area contributed by atoms with Gasteiger partial charge in [-0.2, -0.15) is 11.8 Å². The lowest BCUT2D eigenvalue weighted by Crippen LogP contribution is -2.51. The number of rotatable bonds is 12. The van der Waals surface area contributed by atoms with Gasteiger partial charge in [-0.3, -0.25) is 4.79 Å². The van der Waals surface area contributed by atoms with Crippen LogP contribution in [0.5, 0.6) is 0 Å². The van der Waals surface area contributed by atoms with Crippen molar-refractivity contribution < 1.29 is 15.0 Å². The minimum Gasteiger partial charge on any atom is -0.391 e. The number of carbonyl (C=O) groups is 1. The molecule has 1 saturated carbocycles. The Balaban J connectivity index is 1.91. The molecule has 0 bridgehead atoms. The molecule has 1 aliphatic rings. The van der Waals surface area contributed by atoms with Crippen molar-refractivity contribution in [1.82, 2.24) is 14.9 Å². The molecule has 0 aromatic carbocycles. The van der Waals surface area contributed by atoms with Gasteiger partial charge < -0.3 is 25.8 Å². The Labute approximate surface area is 182 Å². The van der Waals surface area contributed by atoms with Crippen molar-refractivity contribution in [3.63, 3.8) is 0 Å². The monoisotopic (exact) mass is 444 g/mol. The van der Waals surface area contributed by atoms with Gasteiger partial charge in [0.25, 0.3) is 0 Å². The molecule has 0 unspecified atom stereocenters. The summed E-state index contributed by atoms with van der Waals surface area (Å²) in [7, 11) is 1.87. The predicted octanol–water partition coefficient (Wildman–Crippen LogP) is 1.90. The predicted molar refractivity (Wildman–Crippen MR) is 120 cm³/mol. The average Bonchev–Trinajstić information content (AvgIpc) is 3.08. The van der Waals surface area contributed by atoms with E-state index in [4.69, 9.17) is 5.73 Å². The second-order valence-electron chi connectivity index (χ2n) is 7.87. The molecule has 2 rings (SSSR count). The van der Waals surface area contributed by atoms with E-state index in [0.717, 1.165) is 17.3 Å². The van der Waals surface area contributed by atoms with Crippen molar-refractivity contribution >= 4 is 29.4 Å². The van der Waals surface area contributed by atoms with Crippen molar-refractivity contribution in [2.45, 2.75) is 74.9 Å². The van der Waals surface area contributed by atoms with Gasteiger partial charge in [0, 0.05) is 18.6 Å². The van der Waals surface area contributed by atoms with Crippen LogP contribution >= 0.6 is 23.5 Å². The Morgan fingerprint density at radius 2 is 2.14 bits per heavy atom. The van der Waals surface area contributed by atoms with Gasteiger partial charge in [0.15, 0.2) is 5.16 Å². The van der Waals surface area contributed by atoms with Gasteiger partial charge in [-0.05, 0) is 25.0 Å². The summed E-state index contributed by atoms with van der Waals surface area (Å²) in [5.74, 6) is 1.63. The number of amides is 1. The third kappa shape index (κ3) is 7.79. The van der Waals surface area contributed by atoms with Crippen LogP contribution in [0.25, 0.3) is 0 Å². The van der Waals surface area contributed by atoms with Gasteiger partial charge in [0.1, 0.15) is 0 Å². The van der Waals surface area contributed by atoms with E-state index in [9.17, 15) is 15.0 Å². The van der Waals surface area contributed by atoms with Gasteiger partial charge in [-0.25, -0.2) is 4.98 Å². The lowest BCUT2D eigenvalue weighted by molar-refractivity contribution is -0.123. The number of nitrogens with zero attached hydrogens (tertiary/aromatic N) is 2. The van der Waals surface area contributed by atoms with E-state index in [2.05, 4.69) is 10.3 Å². The number of aliphatic hydroxyl groups is 2. The van der Waals surface area contributed by atoms with Crippen LogP contribution < -0.4 is 11.1 Å². The molecule has 1 aromatic rings. The minimum absolute atomic E-state index is 0.0432. The molecular weight excluding hydrogens is 408 g/mol. The largest absolute Gasteiger partial charge is 0.391 e. The smallest absolute Gasteiger partial charge is 0.238 e. The zero-order valence-corrected chi connectivity index (χ0v) is 19.2. The summed E-state index contributed by atoms with van der Waals surface area (Å²) >= 11 is 3.10. The maximum Gasteiger partial charge on any atom is 0.238 e. The molecule has 0 saturated heterocycles. The minimum atomic E-state index is -0.618. The highest BCUT2D eigenvalue weighted by atomic mass is 32.2. The number of aliphatic hydroxyl groups excluding tert-OH is 2. The molecular formula is C20H36N4O3S2. The number of hydrogen-bond donors (Lipinski definition) is 4. The maximum absolute atomic E-state index is 12.5. The Bertz CT molecular complexity index is 623. The molecule has 7 nitrogen and oxygen atoms in total. The summed E-state index contributed by atoms with van der Waals surface area (Å²) in [4.78, 5) is 16.8. The molecule has 166 valence electrons. The van der Waals surface area contributed by atoms with Crippen LogP contribution in [0.3, 0.4) is 0 Å². The molecule has 1 aliphatic carbocycles. The lowest BCUT2D eigenvalue weighted by Gasteiger charge is -2.31. The SMILES string of the molecule is CSC[C@H](N)C(=O)N[C@@H](CC1CCCCC1)[C@@H](O)CCSc1ncc(CO)n1C. The lowest BCUT2D eigenvalue weighted by atomic mass is 9.83. The summed E-state index contributed by atoms with van der Waals surface area (Å²) in [5, 5.41) is 24.0. The Morgan fingerprint density at radius 1 is 1.41 bits per heavy atom. The average molecular weight is 445 g/mol. The first-order valence-electron chi connectivity index (χ1n) is 10.4. The first-order valence-corrected chi connectivity index (χ1v) is 12.8. The van der Waals surface area contributed by atoms with E-state index in [1.807, 2.05) is 17.9 Å². The van der Waals surface area contributed by atoms with E-state index in [-0.39, 0.29) is 18.6 Å². The molecule has 9 heteroatoms.